The van der Waals surface area contributed by atoms with Crippen LogP contribution >= 0.6 is 0 Å². The second-order valence-corrected chi connectivity index (χ2v) is 6.13. The van der Waals surface area contributed by atoms with Crippen molar-refractivity contribution in [1.29, 1.82) is 0 Å². The standard InChI is InChI=1S/C15H17N5O5/c1-15(23)11(22)9(5-21)25-12(15)8-4-7(14-17-2-3-24-14)10-13(16)18-6-19-20(8)10/h2-4,6,9,11-12,21-23H,5H2,1H3,(H2,16,18,19)/t9-,11?,12+,15-/m1/s1. The van der Waals surface area contributed by atoms with Gasteiger partial charge in [0.1, 0.15) is 42.0 Å². The zero-order chi connectivity index (χ0) is 17.8. The van der Waals surface area contributed by atoms with Gasteiger partial charge in [0.2, 0.25) is 5.89 Å². The predicted octanol–water partition coefficient (Wildman–Crippen LogP) is -0.489. The highest BCUT2D eigenvalue weighted by atomic mass is 16.6. The molecule has 0 radical (unpaired) electrons. The summed E-state index contributed by atoms with van der Waals surface area (Å²) in [5.74, 6) is 0.508. The topological polar surface area (TPSA) is 152 Å². The van der Waals surface area contributed by atoms with Crippen LogP contribution in [0.25, 0.3) is 17.0 Å². The third-order valence-electron chi connectivity index (χ3n) is 4.51. The summed E-state index contributed by atoms with van der Waals surface area (Å²) in [6, 6.07) is 1.66. The Kier molecular flexibility index (Phi) is 3.51. The summed E-state index contributed by atoms with van der Waals surface area (Å²) in [5, 5.41) is 34.5. The van der Waals surface area contributed by atoms with Crippen molar-refractivity contribution in [3.05, 3.63) is 30.5 Å². The first-order chi connectivity index (χ1) is 11.9. The molecule has 1 saturated heterocycles. The number of nitrogens with two attached hydrogens (primary N) is 1. The smallest absolute Gasteiger partial charge is 0.228 e. The molecule has 1 aliphatic heterocycles. The highest BCUT2D eigenvalue weighted by molar-refractivity contribution is 5.85. The van der Waals surface area contributed by atoms with Gasteiger partial charge in [-0.05, 0) is 13.0 Å². The van der Waals surface area contributed by atoms with Crippen LogP contribution in [0.1, 0.15) is 18.7 Å². The van der Waals surface area contributed by atoms with E-state index in [1.165, 1.54) is 30.2 Å². The van der Waals surface area contributed by atoms with Crippen LogP contribution < -0.4 is 5.73 Å². The fraction of sp³-hybridized carbons (Fsp3) is 0.400. The van der Waals surface area contributed by atoms with Gasteiger partial charge in [-0.25, -0.2) is 14.5 Å². The Morgan fingerprint density at radius 3 is 2.84 bits per heavy atom. The summed E-state index contributed by atoms with van der Waals surface area (Å²) in [6.45, 7) is 1.01. The number of hydrogen-bond acceptors (Lipinski definition) is 9. The van der Waals surface area contributed by atoms with Gasteiger partial charge in [0, 0.05) is 0 Å². The fourth-order valence-electron chi connectivity index (χ4n) is 3.23. The van der Waals surface area contributed by atoms with E-state index in [0.29, 0.717) is 22.7 Å². The molecule has 0 bridgehead atoms. The van der Waals surface area contributed by atoms with E-state index >= 15 is 0 Å². The first kappa shape index (κ1) is 16.0. The average Bonchev–Trinajstić information content (AvgIpc) is 3.27. The Labute approximate surface area is 141 Å². The Morgan fingerprint density at radius 2 is 2.20 bits per heavy atom. The van der Waals surface area contributed by atoms with E-state index in [1.807, 2.05) is 0 Å². The lowest BCUT2D eigenvalue weighted by Gasteiger charge is -2.26. The van der Waals surface area contributed by atoms with Crippen LogP contribution in [0.3, 0.4) is 0 Å². The van der Waals surface area contributed by atoms with Gasteiger partial charge in [-0.1, -0.05) is 0 Å². The van der Waals surface area contributed by atoms with Crippen LogP contribution in [0.15, 0.2) is 29.3 Å². The first-order valence-electron chi connectivity index (χ1n) is 7.64. The van der Waals surface area contributed by atoms with Gasteiger partial charge in [-0.15, -0.1) is 0 Å². The Hall–Kier alpha value is -2.53. The van der Waals surface area contributed by atoms with E-state index < -0.39 is 30.5 Å². The fourth-order valence-corrected chi connectivity index (χ4v) is 3.23. The molecule has 5 N–H and O–H groups in total. The molecule has 25 heavy (non-hydrogen) atoms. The molecule has 4 rings (SSSR count). The van der Waals surface area contributed by atoms with Crippen molar-refractivity contribution in [3.63, 3.8) is 0 Å². The zero-order valence-electron chi connectivity index (χ0n) is 13.3. The summed E-state index contributed by atoms with van der Waals surface area (Å²) in [5.41, 5.74) is 5.75. The molecule has 4 heterocycles. The van der Waals surface area contributed by atoms with Gasteiger partial charge in [0.05, 0.1) is 24.1 Å². The van der Waals surface area contributed by atoms with Gasteiger partial charge < -0.3 is 30.2 Å². The molecule has 10 heteroatoms. The van der Waals surface area contributed by atoms with Crippen molar-refractivity contribution in [3.8, 4) is 11.5 Å². The molecule has 1 aliphatic rings. The van der Waals surface area contributed by atoms with Gasteiger partial charge in [0.15, 0.2) is 5.82 Å². The molecule has 0 spiro atoms. The summed E-state index contributed by atoms with van der Waals surface area (Å²) >= 11 is 0. The molecule has 0 saturated carbocycles. The molecule has 3 aromatic rings. The number of hydrogen-bond donors (Lipinski definition) is 4. The van der Waals surface area contributed by atoms with Crippen LogP contribution in [-0.4, -0.2) is 59.3 Å². The lowest BCUT2D eigenvalue weighted by atomic mass is 9.91. The molecule has 132 valence electrons. The third-order valence-corrected chi connectivity index (χ3v) is 4.51. The van der Waals surface area contributed by atoms with Crippen molar-refractivity contribution >= 4 is 11.3 Å². The van der Waals surface area contributed by atoms with Gasteiger partial charge in [0.25, 0.3) is 0 Å². The SMILES string of the molecule is C[C@@]1(O)C(O)[C@@H](CO)O[C@H]1c1cc(-c2ncco2)c2c(N)ncnn12. The quantitative estimate of drug-likeness (QED) is 0.491. The first-order valence-corrected chi connectivity index (χ1v) is 7.64. The van der Waals surface area contributed by atoms with Crippen LogP contribution in [0.2, 0.25) is 0 Å². The molecule has 1 unspecified atom stereocenters. The van der Waals surface area contributed by atoms with Crippen molar-refractivity contribution < 1.29 is 24.5 Å². The Bertz CT molecular complexity index is 907. The van der Waals surface area contributed by atoms with Crippen LogP contribution in [0.4, 0.5) is 5.82 Å². The maximum absolute atomic E-state index is 10.7. The number of aliphatic hydroxyl groups is 3. The number of ether oxygens (including phenoxy) is 1. The minimum Gasteiger partial charge on any atom is -0.444 e. The molecule has 0 amide bonds. The summed E-state index contributed by atoms with van der Waals surface area (Å²) < 4.78 is 12.5. The number of oxazole rings is 1. The predicted molar refractivity (Wildman–Crippen MR) is 84.2 cm³/mol. The molecule has 0 aromatic carbocycles. The van der Waals surface area contributed by atoms with E-state index in [0.717, 1.165) is 0 Å². The number of nitrogen functional groups attached to an aromatic ring is 1. The zero-order valence-corrected chi connectivity index (χ0v) is 13.3. The maximum Gasteiger partial charge on any atom is 0.228 e. The van der Waals surface area contributed by atoms with E-state index in [2.05, 4.69) is 15.1 Å². The number of rotatable bonds is 3. The molecule has 4 atom stereocenters. The number of nitrogens with zero attached hydrogens (tertiary/aromatic N) is 4. The molecule has 0 aliphatic carbocycles. The van der Waals surface area contributed by atoms with Gasteiger partial charge >= 0.3 is 0 Å². The number of aromatic nitrogens is 4. The van der Waals surface area contributed by atoms with Crippen LogP contribution in [-0.2, 0) is 4.74 Å². The van der Waals surface area contributed by atoms with E-state index in [9.17, 15) is 15.3 Å². The average molecular weight is 347 g/mol. The minimum atomic E-state index is -1.64. The molecule has 10 nitrogen and oxygen atoms in total. The molecular weight excluding hydrogens is 330 g/mol. The van der Waals surface area contributed by atoms with Crippen molar-refractivity contribution in [1.82, 2.24) is 19.6 Å². The number of anilines is 1. The van der Waals surface area contributed by atoms with Crippen molar-refractivity contribution in [2.24, 2.45) is 0 Å². The van der Waals surface area contributed by atoms with E-state index in [-0.39, 0.29) is 5.82 Å². The Balaban J connectivity index is 1.93. The van der Waals surface area contributed by atoms with Crippen molar-refractivity contribution in [2.45, 2.75) is 30.8 Å². The largest absolute Gasteiger partial charge is 0.444 e. The van der Waals surface area contributed by atoms with E-state index in [4.69, 9.17) is 14.9 Å². The molecule has 1 fully saturated rings. The Morgan fingerprint density at radius 1 is 1.40 bits per heavy atom. The second kappa shape index (κ2) is 5.49. The highest BCUT2D eigenvalue weighted by Gasteiger charge is 2.53. The number of aliphatic hydroxyl groups excluding tert-OH is 2. The summed E-state index contributed by atoms with van der Waals surface area (Å²) in [4.78, 5) is 8.10. The molecule has 3 aromatic heterocycles. The highest BCUT2D eigenvalue weighted by Crippen LogP contribution is 2.43. The monoisotopic (exact) mass is 347 g/mol. The maximum atomic E-state index is 10.7. The number of fused-ring (bicyclic) bond motifs is 1. The normalized spacial score (nSPS) is 29.5. The van der Waals surface area contributed by atoms with Gasteiger partial charge in [-0.3, -0.25) is 0 Å². The van der Waals surface area contributed by atoms with Crippen LogP contribution in [0.5, 0.6) is 0 Å². The second-order valence-electron chi connectivity index (χ2n) is 6.13. The summed E-state index contributed by atoms with van der Waals surface area (Å²) in [6.07, 6.45) is 1.05. The van der Waals surface area contributed by atoms with E-state index in [1.54, 1.807) is 6.07 Å². The molecular formula is C15H17N5O5. The van der Waals surface area contributed by atoms with Crippen molar-refractivity contribution in [2.75, 3.05) is 12.3 Å². The lowest BCUT2D eigenvalue weighted by Crippen LogP contribution is -2.43. The third kappa shape index (κ3) is 2.23. The van der Waals surface area contributed by atoms with Gasteiger partial charge in [-0.2, -0.15) is 5.10 Å². The van der Waals surface area contributed by atoms with Crippen LogP contribution in [0, 0.1) is 0 Å². The summed E-state index contributed by atoms with van der Waals surface area (Å²) in [7, 11) is 0. The lowest BCUT2D eigenvalue weighted by molar-refractivity contribution is -0.0664. The minimum absolute atomic E-state index is 0.200.